The number of hydrogen-bond donors (Lipinski definition) is 1. The van der Waals surface area contributed by atoms with Crippen LogP contribution < -0.4 is 5.32 Å². The third-order valence-corrected chi connectivity index (χ3v) is 16.7. The van der Waals surface area contributed by atoms with Crippen LogP contribution >= 0.6 is 0 Å². The lowest BCUT2D eigenvalue weighted by molar-refractivity contribution is 0.769. The Morgan fingerprint density at radius 3 is 1.25 bits per heavy atom. The van der Waals surface area contributed by atoms with Gasteiger partial charge >= 0.3 is 0 Å². The Morgan fingerprint density at radius 1 is 0.329 bits per heavy atom. The van der Waals surface area contributed by atoms with E-state index in [0.29, 0.717) is 0 Å². The van der Waals surface area contributed by atoms with Crippen molar-refractivity contribution in [3.8, 4) is 55.6 Å². The first-order chi connectivity index (χ1) is 37.7. The average molecular weight is 967 g/mol. The maximum atomic E-state index is 4.86. The first kappa shape index (κ1) is 43.9. The molecule has 12 aromatic rings. The zero-order valence-corrected chi connectivity index (χ0v) is 41.8. The van der Waals surface area contributed by atoms with Crippen LogP contribution in [0.3, 0.4) is 0 Å². The van der Waals surface area contributed by atoms with Gasteiger partial charge in [-0.05, 0) is 158 Å². The summed E-state index contributed by atoms with van der Waals surface area (Å²) in [6.45, 7) is 0.779. The quantitative estimate of drug-likeness (QED) is 0.154. The Balaban J connectivity index is 1.03. The standard InChI is InChI=1S/C74H50N2/c1-5-21-53(22-6-1)73(54-23-7-2-8-24-54)65-33-17-15-29-57(65)59-39-37-51(46-67(59)73)71-61-31-13-14-32-62(61)72(64-45-49(36-41-63(64)71)50-42-44-76-70(48-50)69-35-19-20-43-75-69)52-38-40-60-58-30-16-18-34-66(58)74(68(60)47-52,55-25-9-3-10-26-55)56-27-11-4-12-28-56/h1-42,44-48,75H,43H2. The number of fused-ring (bicyclic) bond motifs is 8. The predicted octanol–water partition coefficient (Wildman–Crippen LogP) is 17.6. The molecule has 2 heteroatoms. The molecule has 15 rings (SSSR count). The molecule has 0 atom stereocenters. The highest BCUT2D eigenvalue weighted by Crippen LogP contribution is 2.59. The van der Waals surface area contributed by atoms with E-state index in [9.17, 15) is 0 Å². The van der Waals surface area contributed by atoms with Crippen LogP contribution in [-0.4, -0.2) is 11.5 Å². The molecule has 3 aliphatic rings. The van der Waals surface area contributed by atoms with Gasteiger partial charge in [-0.1, -0.05) is 243 Å². The maximum Gasteiger partial charge on any atom is 0.0867 e. The van der Waals surface area contributed by atoms with Gasteiger partial charge in [0.15, 0.2) is 0 Å². The molecule has 76 heavy (non-hydrogen) atoms. The Labute approximate surface area is 443 Å². The van der Waals surface area contributed by atoms with Gasteiger partial charge in [0.05, 0.1) is 22.2 Å². The van der Waals surface area contributed by atoms with Gasteiger partial charge in [0.1, 0.15) is 0 Å². The Morgan fingerprint density at radius 2 is 0.750 bits per heavy atom. The number of nitrogens with zero attached hydrogens (tertiary/aromatic N) is 1. The molecule has 0 bridgehead atoms. The maximum absolute atomic E-state index is 4.86. The van der Waals surface area contributed by atoms with Crippen molar-refractivity contribution in [2.45, 2.75) is 10.8 Å². The van der Waals surface area contributed by atoms with Gasteiger partial charge in [0.2, 0.25) is 0 Å². The van der Waals surface area contributed by atoms with Crippen molar-refractivity contribution < 1.29 is 0 Å². The van der Waals surface area contributed by atoms with E-state index in [1.807, 2.05) is 6.20 Å². The average Bonchev–Trinajstić information content (AvgIpc) is 4.16. The number of benzene rings is 11. The molecule has 0 saturated carbocycles. The summed E-state index contributed by atoms with van der Waals surface area (Å²) in [5.74, 6) is 0. The van der Waals surface area contributed by atoms with E-state index in [4.69, 9.17) is 4.98 Å². The van der Waals surface area contributed by atoms with E-state index in [1.54, 1.807) is 0 Å². The normalized spacial score (nSPS) is 14.3. The van der Waals surface area contributed by atoms with E-state index in [0.717, 1.165) is 29.1 Å². The fourth-order valence-electron chi connectivity index (χ4n) is 13.6. The smallest absolute Gasteiger partial charge is 0.0867 e. The largest absolute Gasteiger partial charge is 0.380 e. The van der Waals surface area contributed by atoms with Gasteiger partial charge in [-0.2, -0.15) is 0 Å². The highest BCUT2D eigenvalue weighted by atomic mass is 14.9. The van der Waals surface area contributed by atoms with Crippen LogP contribution in [0.4, 0.5) is 0 Å². The molecule has 1 aliphatic heterocycles. The Bertz CT molecular complexity index is 4240. The predicted molar refractivity (Wildman–Crippen MR) is 315 cm³/mol. The molecule has 2 aliphatic carbocycles. The molecule has 11 aromatic carbocycles. The second-order valence-electron chi connectivity index (χ2n) is 20.5. The minimum Gasteiger partial charge on any atom is -0.380 e. The van der Waals surface area contributed by atoms with Crippen molar-refractivity contribution >= 4 is 27.2 Å². The molecule has 2 heterocycles. The minimum atomic E-state index is -0.544. The number of aromatic nitrogens is 1. The van der Waals surface area contributed by atoms with Crippen LogP contribution in [0.5, 0.6) is 0 Å². The molecular formula is C74H50N2. The summed E-state index contributed by atoms with van der Waals surface area (Å²) in [5, 5.41) is 8.37. The molecule has 0 unspecified atom stereocenters. The number of nitrogens with one attached hydrogen (secondary N) is 1. The monoisotopic (exact) mass is 966 g/mol. The van der Waals surface area contributed by atoms with Gasteiger partial charge in [0, 0.05) is 12.7 Å². The van der Waals surface area contributed by atoms with Gasteiger partial charge in [-0.3, -0.25) is 4.98 Å². The molecule has 0 spiro atoms. The van der Waals surface area contributed by atoms with Crippen molar-refractivity contribution in [3.63, 3.8) is 0 Å². The van der Waals surface area contributed by atoms with Gasteiger partial charge in [-0.25, -0.2) is 0 Å². The fourth-order valence-corrected chi connectivity index (χ4v) is 13.6. The molecule has 0 saturated heterocycles. The van der Waals surface area contributed by atoms with Crippen LogP contribution in [0, 0.1) is 0 Å². The number of dihydropyridines is 1. The molecule has 0 amide bonds. The van der Waals surface area contributed by atoms with Crippen molar-refractivity contribution in [2.75, 3.05) is 6.54 Å². The molecule has 1 aromatic heterocycles. The molecule has 356 valence electrons. The first-order valence-corrected chi connectivity index (χ1v) is 26.5. The van der Waals surface area contributed by atoms with E-state index in [-0.39, 0.29) is 0 Å². The molecular weight excluding hydrogens is 917 g/mol. The lowest BCUT2D eigenvalue weighted by Gasteiger charge is -2.34. The molecule has 2 nitrogen and oxygen atoms in total. The summed E-state index contributed by atoms with van der Waals surface area (Å²) in [5.41, 5.74) is 23.3. The van der Waals surface area contributed by atoms with E-state index in [2.05, 4.69) is 284 Å². The summed E-state index contributed by atoms with van der Waals surface area (Å²) in [4.78, 5) is 4.86. The number of rotatable bonds is 8. The molecule has 0 radical (unpaired) electrons. The van der Waals surface area contributed by atoms with E-state index >= 15 is 0 Å². The second-order valence-corrected chi connectivity index (χ2v) is 20.5. The first-order valence-electron chi connectivity index (χ1n) is 26.5. The van der Waals surface area contributed by atoms with Crippen LogP contribution in [0.25, 0.3) is 82.9 Å². The van der Waals surface area contributed by atoms with Crippen molar-refractivity contribution in [1.82, 2.24) is 10.3 Å². The van der Waals surface area contributed by atoms with Crippen LogP contribution in [0.15, 0.2) is 285 Å². The van der Waals surface area contributed by atoms with Crippen molar-refractivity contribution in [3.05, 3.63) is 335 Å². The third kappa shape index (κ3) is 6.44. The zero-order chi connectivity index (χ0) is 50.2. The second kappa shape index (κ2) is 17.5. The van der Waals surface area contributed by atoms with Gasteiger partial charge in [0.25, 0.3) is 0 Å². The van der Waals surface area contributed by atoms with E-state index in [1.165, 1.54) is 111 Å². The fraction of sp³-hybridized carbons (Fsp3) is 0.0405. The molecule has 0 fully saturated rings. The SMILES string of the molecule is C1=CCNC(c2cc(-c3ccc4c(-c5ccc6c(c5)C(c5ccccc5)(c5ccccc5)c5ccccc5-6)c5ccccc5c(-c5ccc6c(c5)C(c5ccccc5)(c5ccccc5)c5ccccc5-6)c4c3)ccn2)=C1. The van der Waals surface area contributed by atoms with Crippen LogP contribution in [-0.2, 0) is 10.8 Å². The lowest BCUT2D eigenvalue weighted by Crippen LogP contribution is -2.28. The number of hydrogen-bond acceptors (Lipinski definition) is 2. The zero-order valence-electron chi connectivity index (χ0n) is 41.8. The summed E-state index contributed by atoms with van der Waals surface area (Å²) in [6.07, 6.45) is 8.30. The van der Waals surface area contributed by atoms with Crippen molar-refractivity contribution in [2.24, 2.45) is 0 Å². The Kier molecular flexibility index (Phi) is 10.1. The third-order valence-electron chi connectivity index (χ3n) is 16.7. The van der Waals surface area contributed by atoms with Crippen LogP contribution in [0.1, 0.15) is 50.2 Å². The van der Waals surface area contributed by atoms with E-state index < -0.39 is 10.8 Å². The minimum absolute atomic E-state index is 0.535. The topological polar surface area (TPSA) is 24.9 Å². The van der Waals surface area contributed by atoms with Gasteiger partial charge < -0.3 is 5.32 Å². The highest BCUT2D eigenvalue weighted by Gasteiger charge is 2.48. The highest BCUT2D eigenvalue weighted by molar-refractivity contribution is 6.22. The Hall–Kier alpha value is -9.63. The van der Waals surface area contributed by atoms with Gasteiger partial charge in [-0.15, -0.1) is 0 Å². The summed E-state index contributed by atoms with van der Waals surface area (Å²) < 4.78 is 0. The summed E-state index contributed by atoms with van der Waals surface area (Å²) in [6, 6.07) is 97.9. The summed E-state index contributed by atoms with van der Waals surface area (Å²) >= 11 is 0. The van der Waals surface area contributed by atoms with Crippen molar-refractivity contribution in [1.29, 1.82) is 0 Å². The molecule has 1 N–H and O–H groups in total. The lowest BCUT2D eigenvalue weighted by atomic mass is 9.67. The number of allylic oxidation sites excluding steroid dienone is 2. The summed E-state index contributed by atoms with van der Waals surface area (Å²) in [7, 11) is 0. The number of pyridine rings is 1. The van der Waals surface area contributed by atoms with Crippen LogP contribution in [0.2, 0.25) is 0 Å².